The van der Waals surface area contributed by atoms with Crippen molar-refractivity contribution >= 4 is 10.8 Å². The van der Waals surface area contributed by atoms with Gasteiger partial charge in [0.1, 0.15) is 5.82 Å². The molecule has 4 rings (SSSR count). The fraction of sp³-hybridized carbons (Fsp3) is 0.333. The summed E-state index contributed by atoms with van der Waals surface area (Å²) in [7, 11) is 0. The zero-order valence-electron chi connectivity index (χ0n) is 17.2. The summed E-state index contributed by atoms with van der Waals surface area (Å²) in [6.45, 7) is 2.10. The van der Waals surface area contributed by atoms with Crippen LogP contribution in [0.5, 0.6) is 0 Å². The average Bonchev–Trinajstić information content (AvgIpc) is 2.76. The van der Waals surface area contributed by atoms with Gasteiger partial charge in [-0.1, -0.05) is 49.5 Å². The Balaban J connectivity index is 1.42. The second-order valence-corrected chi connectivity index (χ2v) is 8.22. The van der Waals surface area contributed by atoms with Crippen molar-refractivity contribution < 1.29 is 13.2 Å². The summed E-state index contributed by atoms with van der Waals surface area (Å²) < 4.78 is 41.7. The van der Waals surface area contributed by atoms with Gasteiger partial charge in [-0.2, -0.15) is 0 Å². The van der Waals surface area contributed by atoms with Crippen LogP contribution in [-0.2, 0) is 6.42 Å². The van der Waals surface area contributed by atoms with Gasteiger partial charge in [-0.25, -0.2) is 13.2 Å². The molecule has 0 amide bonds. The Kier molecular flexibility index (Phi) is 6.13. The Morgan fingerprint density at radius 1 is 0.867 bits per heavy atom. The molecule has 0 atom stereocenters. The fourth-order valence-corrected chi connectivity index (χ4v) is 4.42. The lowest BCUT2D eigenvalue weighted by Gasteiger charge is -2.26. The molecule has 1 saturated carbocycles. The SMILES string of the molecule is CCCc1ccc(C2CCC(C#Cc3ccc4c(F)c(F)ccc4c3)CC2)c(F)c1. The highest BCUT2D eigenvalue weighted by Gasteiger charge is 2.23. The Hall–Kier alpha value is -2.73. The molecule has 0 saturated heterocycles. The highest BCUT2D eigenvalue weighted by atomic mass is 19.2. The van der Waals surface area contributed by atoms with E-state index in [1.807, 2.05) is 6.07 Å². The van der Waals surface area contributed by atoms with Crippen molar-refractivity contribution in [2.75, 3.05) is 0 Å². The zero-order chi connectivity index (χ0) is 21.1. The minimum absolute atomic E-state index is 0.0738. The maximum atomic E-state index is 14.5. The number of hydrogen-bond acceptors (Lipinski definition) is 0. The standard InChI is InChI=1S/C27H25F3/c1-2-3-19-8-13-23(26(29)17-19)21-10-6-18(7-11-21)4-5-20-9-14-24-22(16-20)12-15-25(28)27(24)30/h8-9,12-18,21H,2-3,6-7,10-11H2,1H3. The minimum atomic E-state index is -0.838. The Bertz CT molecular complexity index is 1110. The summed E-state index contributed by atoms with van der Waals surface area (Å²) >= 11 is 0. The summed E-state index contributed by atoms with van der Waals surface area (Å²) in [5.74, 6) is 5.33. The van der Waals surface area contributed by atoms with Gasteiger partial charge in [-0.05, 0) is 78.8 Å². The Morgan fingerprint density at radius 2 is 1.67 bits per heavy atom. The average molecular weight is 406 g/mol. The first-order chi connectivity index (χ1) is 14.5. The summed E-state index contributed by atoms with van der Waals surface area (Å²) in [6.07, 6.45) is 5.70. The third-order valence-corrected chi connectivity index (χ3v) is 6.10. The van der Waals surface area contributed by atoms with Crippen molar-refractivity contribution in [3.05, 3.63) is 82.7 Å². The van der Waals surface area contributed by atoms with E-state index < -0.39 is 11.6 Å². The van der Waals surface area contributed by atoms with Gasteiger partial charge in [0.25, 0.3) is 0 Å². The van der Waals surface area contributed by atoms with Crippen molar-refractivity contribution in [1.29, 1.82) is 0 Å². The van der Waals surface area contributed by atoms with Crippen LogP contribution in [0.4, 0.5) is 13.2 Å². The molecule has 0 radical (unpaired) electrons. The van der Waals surface area contributed by atoms with Crippen LogP contribution in [0, 0.1) is 35.2 Å². The monoisotopic (exact) mass is 406 g/mol. The fourth-order valence-electron chi connectivity index (χ4n) is 4.42. The molecule has 0 aromatic heterocycles. The van der Waals surface area contributed by atoms with Crippen molar-refractivity contribution in [2.24, 2.45) is 5.92 Å². The largest absolute Gasteiger partial charge is 0.207 e. The van der Waals surface area contributed by atoms with Crippen molar-refractivity contribution in [3.63, 3.8) is 0 Å². The topological polar surface area (TPSA) is 0 Å². The molecule has 0 N–H and O–H groups in total. The van der Waals surface area contributed by atoms with Gasteiger partial charge in [0.15, 0.2) is 11.6 Å². The van der Waals surface area contributed by atoms with Gasteiger partial charge in [-0.15, -0.1) is 0 Å². The highest BCUT2D eigenvalue weighted by molar-refractivity contribution is 5.84. The Morgan fingerprint density at radius 3 is 2.40 bits per heavy atom. The number of halogens is 3. The lowest BCUT2D eigenvalue weighted by molar-refractivity contribution is 0.376. The smallest absolute Gasteiger partial charge is 0.166 e. The van der Waals surface area contributed by atoms with Crippen LogP contribution in [-0.4, -0.2) is 0 Å². The number of rotatable bonds is 3. The molecule has 0 aliphatic heterocycles. The molecule has 3 aromatic rings. The molecule has 154 valence electrons. The highest BCUT2D eigenvalue weighted by Crippen LogP contribution is 2.37. The summed E-state index contributed by atoms with van der Waals surface area (Å²) in [5, 5.41) is 0.916. The van der Waals surface area contributed by atoms with E-state index in [-0.39, 0.29) is 23.0 Å². The maximum absolute atomic E-state index is 14.5. The van der Waals surface area contributed by atoms with E-state index in [0.29, 0.717) is 5.39 Å². The van der Waals surface area contributed by atoms with E-state index in [9.17, 15) is 13.2 Å². The van der Waals surface area contributed by atoms with Gasteiger partial charge in [0.05, 0.1) is 0 Å². The molecule has 0 heterocycles. The van der Waals surface area contributed by atoms with E-state index in [4.69, 9.17) is 0 Å². The number of fused-ring (bicyclic) bond motifs is 1. The van der Waals surface area contributed by atoms with E-state index >= 15 is 0 Å². The van der Waals surface area contributed by atoms with Crippen molar-refractivity contribution in [2.45, 2.75) is 51.4 Å². The molecule has 0 bridgehead atoms. The number of benzene rings is 3. The molecule has 0 unspecified atom stereocenters. The van der Waals surface area contributed by atoms with Crippen LogP contribution in [0.3, 0.4) is 0 Å². The molecule has 1 aliphatic rings. The van der Waals surface area contributed by atoms with Gasteiger partial charge < -0.3 is 0 Å². The summed E-state index contributed by atoms with van der Waals surface area (Å²) in [5.41, 5.74) is 2.70. The van der Waals surface area contributed by atoms with E-state index in [0.717, 1.165) is 61.3 Å². The maximum Gasteiger partial charge on any atom is 0.166 e. The van der Waals surface area contributed by atoms with Crippen LogP contribution in [0.2, 0.25) is 0 Å². The third kappa shape index (κ3) is 4.38. The molecular formula is C27H25F3. The lowest BCUT2D eigenvalue weighted by atomic mass is 9.78. The molecule has 0 nitrogen and oxygen atoms in total. The van der Waals surface area contributed by atoms with Crippen LogP contribution < -0.4 is 0 Å². The summed E-state index contributed by atoms with van der Waals surface area (Å²) in [6, 6.07) is 13.5. The van der Waals surface area contributed by atoms with Crippen LogP contribution in [0.25, 0.3) is 10.8 Å². The van der Waals surface area contributed by atoms with Gasteiger partial charge >= 0.3 is 0 Å². The number of hydrogen-bond donors (Lipinski definition) is 0. The van der Waals surface area contributed by atoms with E-state index in [1.54, 1.807) is 30.3 Å². The molecular weight excluding hydrogens is 381 g/mol. The predicted molar refractivity (Wildman–Crippen MR) is 116 cm³/mol. The molecule has 1 fully saturated rings. The molecule has 30 heavy (non-hydrogen) atoms. The molecule has 3 aromatic carbocycles. The van der Waals surface area contributed by atoms with Crippen LogP contribution >= 0.6 is 0 Å². The van der Waals surface area contributed by atoms with Gasteiger partial charge in [-0.3, -0.25) is 0 Å². The van der Waals surface area contributed by atoms with Crippen molar-refractivity contribution in [1.82, 2.24) is 0 Å². The molecule has 0 spiro atoms. The predicted octanol–water partition coefficient (Wildman–Crippen LogP) is 7.54. The normalized spacial score (nSPS) is 18.8. The first kappa shape index (κ1) is 20.5. The van der Waals surface area contributed by atoms with E-state index in [2.05, 4.69) is 24.8 Å². The molecule has 1 aliphatic carbocycles. The Labute approximate surface area is 176 Å². The van der Waals surface area contributed by atoms with Crippen LogP contribution in [0.1, 0.15) is 61.6 Å². The minimum Gasteiger partial charge on any atom is -0.207 e. The van der Waals surface area contributed by atoms with Crippen LogP contribution in [0.15, 0.2) is 48.5 Å². The lowest BCUT2D eigenvalue weighted by Crippen LogP contribution is -2.13. The quantitative estimate of drug-likeness (QED) is 0.394. The second-order valence-electron chi connectivity index (χ2n) is 8.22. The van der Waals surface area contributed by atoms with Gasteiger partial charge in [0.2, 0.25) is 0 Å². The second kappa shape index (κ2) is 8.96. The molecule has 3 heteroatoms. The first-order valence-corrected chi connectivity index (χ1v) is 10.7. The van der Waals surface area contributed by atoms with E-state index in [1.165, 1.54) is 0 Å². The summed E-state index contributed by atoms with van der Waals surface area (Å²) in [4.78, 5) is 0. The zero-order valence-corrected chi connectivity index (χ0v) is 17.2. The first-order valence-electron chi connectivity index (χ1n) is 10.7. The third-order valence-electron chi connectivity index (χ3n) is 6.10. The van der Waals surface area contributed by atoms with Crippen molar-refractivity contribution in [3.8, 4) is 11.8 Å². The number of aryl methyl sites for hydroxylation is 1. The van der Waals surface area contributed by atoms with Gasteiger partial charge in [0, 0.05) is 16.9 Å².